The number of halogens is 1. The van der Waals surface area contributed by atoms with E-state index in [1.54, 1.807) is 0 Å². The van der Waals surface area contributed by atoms with Crippen LogP contribution < -0.4 is 0 Å². The van der Waals surface area contributed by atoms with E-state index in [4.69, 9.17) is 4.74 Å². The van der Waals surface area contributed by atoms with Crippen molar-refractivity contribution in [1.29, 1.82) is 0 Å². The van der Waals surface area contributed by atoms with Gasteiger partial charge in [0, 0.05) is 31.2 Å². The lowest BCUT2D eigenvalue weighted by Gasteiger charge is -2.15. The third kappa shape index (κ3) is 3.80. The number of nitrogens with one attached hydrogen (secondary N) is 1. The van der Waals surface area contributed by atoms with Gasteiger partial charge in [0.2, 0.25) is 0 Å². The molecule has 3 heterocycles. The average Bonchev–Trinajstić information content (AvgIpc) is 3.28. The van der Waals surface area contributed by atoms with E-state index in [-0.39, 0.29) is 6.61 Å². The summed E-state index contributed by atoms with van der Waals surface area (Å²) in [5.41, 5.74) is 6.40. The first-order chi connectivity index (χ1) is 14.5. The second-order valence-corrected chi connectivity index (χ2v) is 8.23. The second-order valence-electron chi connectivity index (χ2n) is 8.23. The summed E-state index contributed by atoms with van der Waals surface area (Å²) in [6, 6.07) is 14.3. The summed E-state index contributed by atoms with van der Waals surface area (Å²) in [6.45, 7) is 6.04. The molecule has 0 spiro atoms. The number of pyridine rings is 1. The number of ether oxygens (including phenoxy) is 1. The molecule has 6 heteroatoms. The number of benzene rings is 2. The monoisotopic (exact) mass is 404 g/mol. The number of alkyl halides is 1. The lowest BCUT2D eigenvalue weighted by atomic mass is 10.1. The van der Waals surface area contributed by atoms with Gasteiger partial charge in [-0.2, -0.15) is 0 Å². The van der Waals surface area contributed by atoms with Crippen molar-refractivity contribution in [3.8, 4) is 0 Å². The Balaban J connectivity index is 1.22. The fourth-order valence-electron chi connectivity index (χ4n) is 4.13. The minimum Gasteiger partial charge on any atom is -0.366 e. The first-order valence-corrected chi connectivity index (χ1v) is 10.3. The number of aryl methyl sites for hydroxylation is 2. The molecule has 30 heavy (non-hydrogen) atoms. The first-order valence-electron chi connectivity index (χ1n) is 10.3. The van der Waals surface area contributed by atoms with Gasteiger partial charge in [-0.3, -0.25) is 9.88 Å². The quantitative estimate of drug-likeness (QED) is 0.533. The molecule has 0 saturated carbocycles. The van der Waals surface area contributed by atoms with Crippen molar-refractivity contribution in [3.63, 3.8) is 0 Å². The summed E-state index contributed by atoms with van der Waals surface area (Å²) >= 11 is 0. The first kappa shape index (κ1) is 19.2. The molecule has 4 aromatic rings. The normalized spacial score (nSPS) is 19.8. The van der Waals surface area contributed by atoms with Crippen molar-refractivity contribution in [2.75, 3.05) is 13.1 Å². The number of para-hydroxylation sites is 1. The van der Waals surface area contributed by atoms with E-state index in [0.717, 1.165) is 33.3 Å². The number of aromatic nitrogens is 3. The van der Waals surface area contributed by atoms with Crippen LogP contribution in [0.3, 0.4) is 0 Å². The number of rotatable bonds is 5. The number of fused-ring (bicyclic) bond motifs is 2. The minimum atomic E-state index is -1.01. The van der Waals surface area contributed by atoms with Gasteiger partial charge in [0.1, 0.15) is 24.7 Å². The zero-order valence-corrected chi connectivity index (χ0v) is 17.2. The summed E-state index contributed by atoms with van der Waals surface area (Å²) in [5, 5.41) is 1.11. The van der Waals surface area contributed by atoms with Gasteiger partial charge in [0.05, 0.1) is 16.6 Å². The van der Waals surface area contributed by atoms with Crippen LogP contribution in [0.5, 0.6) is 0 Å². The molecule has 2 aromatic heterocycles. The summed E-state index contributed by atoms with van der Waals surface area (Å²) in [6.07, 6.45) is 0.421. The highest BCUT2D eigenvalue weighted by atomic mass is 19.1. The minimum absolute atomic E-state index is 0.281. The largest absolute Gasteiger partial charge is 0.366 e. The Morgan fingerprint density at radius 3 is 2.83 bits per heavy atom. The van der Waals surface area contributed by atoms with E-state index < -0.39 is 12.3 Å². The fourth-order valence-corrected chi connectivity index (χ4v) is 4.13. The van der Waals surface area contributed by atoms with Crippen molar-refractivity contribution in [2.45, 2.75) is 39.3 Å². The average molecular weight is 404 g/mol. The fraction of sp³-hybridized carbons (Fsp3) is 0.333. The van der Waals surface area contributed by atoms with Crippen molar-refractivity contribution in [3.05, 3.63) is 71.2 Å². The van der Waals surface area contributed by atoms with Crippen LogP contribution in [0.2, 0.25) is 0 Å². The third-order valence-electron chi connectivity index (χ3n) is 5.91. The molecule has 5 rings (SSSR count). The molecular formula is C24H25FN4O. The Morgan fingerprint density at radius 1 is 1.10 bits per heavy atom. The number of hydrogen-bond acceptors (Lipinski definition) is 4. The smallest absolute Gasteiger partial charge is 0.140 e. The molecule has 2 unspecified atom stereocenters. The predicted molar refractivity (Wildman–Crippen MR) is 116 cm³/mol. The lowest BCUT2D eigenvalue weighted by molar-refractivity contribution is 0.00863. The zero-order valence-electron chi connectivity index (χ0n) is 17.2. The van der Waals surface area contributed by atoms with E-state index >= 15 is 0 Å². The van der Waals surface area contributed by atoms with Crippen LogP contribution in [0.25, 0.3) is 21.9 Å². The molecule has 1 fully saturated rings. The van der Waals surface area contributed by atoms with Crippen LogP contribution in [0.1, 0.15) is 22.5 Å². The van der Waals surface area contributed by atoms with Gasteiger partial charge in [-0.15, -0.1) is 0 Å². The number of nitrogens with zero attached hydrogens (tertiary/aromatic N) is 3. The lowest BCUT2D eigenvalue weighted by Crippen LogP contribution is -2.24. The summed E-state index contributed by atoms with van der Waals surface area (Å²) < 4.78 is 20.5. The molecule has 1 aliphatic heterocycles. The van der Waals surface area contributed by atoms with Gasteiger partial charge in [-0.05, 0) is 54.8 Å². The van der Waals surface area contributed by atoms with Crippen LogP contribution in [0, 0.1) is 13.8 Å². The van der Waals surface area contributed by atoms with E-state index in [1.165, 1.54) is 11.1 Å². The van der Waals surface area contributed by atoms with Crippen molar-refractivity contribution in [2.24, 2.45) is 0 Å². The van der Waals surface area contributed by atoms with Gasteiger partial charge in [0.25, 0.3) is 0 Å². The van der Waals surface area contributed by atoms with Gasteiger partial charge >= 0.3 is 0 Å². The summed E-state index contributed by atoms with van der Waals surface area (Å²) in [4.78, 5) is 14.5. The molecule has 2 aromatic carbocycles. The highest BCUT2D eigenvalue weighted by Crippen LogP contribution is 2.22. The van der Waals surface area contributed by atoms with Gasteiger partial charge in [0.15, 0.2) is 0 Å². The Bertz CT molecular complexity index is 1170. The van der Waals surface area contributed by atoms with Crippen LogP contribution in [0.4, 0.5) is 4.39 Å². The maximum atomic E-state index is 14.6. The molecule has 5 nitrogen and oxygen atoms in total. The van der Waals surface area contributed by atoms with E-state index in [0.29, 0.717) is 19.6 Å². The number of hydrogen-bond donors (Lipinski definition) is 1. The van der Waals surface area contributed by atoms with Crippen molar-refractivity contribution < 1.29 is 9.13 Å². The van der Waals surface area contributed by atoms with Crippen LogP contribution in [-0.4, -0.2) is 45.2 Å². The Morgan fingerprint density at radius 2 is 1.93 bits per heavy atom. The summed E-state index contributed by atoms with van der Waals surface area (Å²) in [5.74, 6) is 0.736. The van der Waals surface area contributed by atoms with Gasteiger partial charge in [-0.1, -0.05) is 18.2 Å². The molecule has 154 valence electrons. The molecule has 1 N–H and O–H groups in total. The Labute approximate surface area is 174 Å². The molecule has 1 aliphatic rings. The van der Waals surface area contributed by atoms with Crippen molar-refractivity contribution in [1.82, 2.24) is 19.9 Å². The number of H-pyrrole nitrogens is 1. The molecule has 2 atom stereocenters. The molecule has 0 radical (unpaired) electrons. The summed E-state index contributed by atoms with van der Waals surface area (Å²) in [7, 11) is 0. The maximum Gasteiger partial charge on any atom is 0.140 e. The third-order valence-corrected chi connectivity index (χ3v) is 5.91. The number of aromatic amines is 1. The van der Waals surface area contributed by atoms with Crippen LogP contribution >= 0.6 is 0 Å². The van der Waals surface area contributed by atoms with Crippen LogP contribution in [-0.2, 0) is 17.9 Å². The predicted octanol–water partition coefficient (Wildman–Crippen LogP) is 4.47. The Hall–Kier alpha value is -2.83. The maximum absolute atomic E-state index is 14.6. The van der Waals surface area contributed by atoms with E-state index in [9.17, 15) is 4.39 Å². The standard InChI is InChI=1S/C24H25FN4O/c1-15-7-21-22(8-16(15)2)28-24(27-21)14-30-23-13-29(12-19(23)25)11-17-9-18-5-3-4-6-20(18)26-10-17/h3-10,19,23H,11-14H2,1-2H3,(H,27,28). The van der Waals surface area contributed by atoms with Gasteiger partial charge < -0.3 is 9.72 Å². The SMILES string of the molecule is Cc1cc2nc(COC3CN(Cc4cnc5ccccc5c4)CC3F)[nH]c2cc1C. The highest BCUT2D eigenvalue weighted by Gasteiger charge is 2.33. The molecule has 0 amide bonds. The molecule has 0 bridgehead atoms. The zero-order chi connectivity index (χ0) is 20.7. The molecule has 0 aliphatic carbocycles. The number of imidazole rings is 1. The molecular weight excluding hydrogens is 379 g/mol. The topological polar surface area (TPSA) is 54.0 Å². The molecule has 1 saturated heterocycles. The Kier molecular flexibility index (Phi) is 4.97. The van der Waals surface area contributed by atoms with E-state index in [2.05, 4.69) is 58.0 Å². The van der Waals surface area contributed by atoms with E-state index in [1.807, 2.05) is 24.4 Å². The van der Waals surface area contributed by atoms with Gasteiger partial charge in [-0.25, -0.2) is 9.37 Å². The highest BCUT2D eigenvalue weighted by molar-refractivity contribution is 5.78. The van der Waals surface area contributed by atoms with Crippen molar-refractivity contribution >= 4 is 21.9 Å². The second kappa shape index (κ2) is 7.78. The number of likely N-dealkylation sites (tertiary alicyclic amines) is 1. The van der Waals surface area contributed by atoms with Crippen LogP contribution in [0.15, 0.2) is 48.7 Å².